The maximum absolute atomic E-state index is 2.33. The van der Waals surface area contributed by atoms with E-state index in [4.69, 9.17) is 0 Å². The standard InChI is InChI=1S/C8H14/c1-7-3-5-8(2)6-4-7/h3,5,7-8H,4,6H2,1-2H3/t7-,8-/m0/s1. The van der Waals surface area contributed by atoms with Gasteiger partial charge in [-0.3, -0.25) is 0 Å². The summed E-state index contributed by atoms with van der Waals surface area (Å²) in [6, 6.07) is 0. The lowest BCUT2D eigenvalue weighted by Gasteiger charge is -2.15. The second-order valence-electron chi connectivity index (χ2n) is 2.92. The van der Waals surface area contributed by atoms with Gasteiger partial charge >= 0.3 is 0 Å². The number of hydrogen-bond donors (Lipinski definition) is 0. The molecule has 0 fully saturated rings. The molecule has 0 aromatic rings. The summed E-state index contributed by atoms with van der Waals surface area (Å²) in [7, 11) is 0. The quantitative estimate of drug-likeness (QED) is 0.420. The fraction of sp³-hybridized carbons (Fsp3) is 0.750. The van der Waals surface area contributed by atoms with Crippen LogP contribution in [0.15, 0.2) is 12.2 Å². The molecule has 1 aliphatic carbocycles. The van der Waals surface area contributed by atoms with Crippen LogP contribution in [0.4, 0.5) is 0 Å². The molecule has 0 nitrogen and oxygen atoms in total. The zero-order valence-electron chi connectivity index (χ0n) is 5.72. The van der Waals surface area contributed by atoms with Gasteiger partial charge < -0.3 is 0 Å². The Morgan fingerprint density at radius 3 is 1.62 bits per heavy atom. The molecule has 0 saturated carbocycles. The van der Waals surface area contributed by atoms with Gasteiger partial charge in [-0.15, -0.1) is 0 Å². The minimum Gasteiger partial charge on any atom is -0.0854 e. The smallest absolute Gasteiger partial charge is 0.0262 e. The maximum Gasteiger partial charge on any atom is -0.0262 e. The van der Waals surface area contributed by atoms with E-state index in [-0.39, 0.29) is 0 Å². The molecule has 0 saturated heterocycles. The minimum atomic E-state index is 0.839. The Morgan fingerprint density at radius 1 is 1.00 bits per heavy atom. The van der Waals surface area contributed by atoms with Crippen LogP contribution in [0.25, 0.3) is 0 Å². The molecule has 1 rings (SSSR count). The highest BCUT2D eigenvalue weighted by Gasteiger charge is 2.06. The first-order valence-electron chi connectivity index (χ1n) is 3.47. The van der Waals surface area contributed by atoms with E-state index in [9.17, 15) is 0 Å². The van der Waals surface area contributed by atoms with Crippen LogP contribution < -0.4 is 0 Å². The molecule has 0 heterocycles. The number of rotatable bonds is 0. The molecule has 0 N–H and O–H groups in total. The van der Waals surface area contributed by atoms with Crippen LogP contribution >= 0.6 is 0 Å². The first kappa shape index (κ1) is 5.87. The Labute approximate surface area is 51.6 Å². The van der Waals surface area contributed by atoms with E-state index in [0.29, 0.717) is 0 Å². The summed E-state index contributed by atoms with van der Waals surface area (Å²) in [5.74, 6) is 1.68. The predicted octanol–water partition coefficient (Wildman–Crippen LogP) is 2.61. The molecule has 0 amide bonds. The van der Waals surface area contributed by atoms with Gasteiger partial charge in [0.2, 0.25) is 0 Å². The van der Waals surface area contributed by atoms with Crippen molar-refractivity contribution in [3.63, 3.8) is 0 Å². The molecule has 2 atom stereocenters. The largest absolute Gasteiger partial charge is 0.0854 e. The molecule has 8 heavy (non-hydrogen) atoms. The summed E-state index contributed by atoms with van der Waals surface area (Å²) in [5.41, 5.74) is 0. The van der Waals surface area contributed by atoms with Crippen molar-refractivity contribution in [3.05, 3.63) is 12.2 Å². The molecule has 0 heteroatoms. The molecule has 0 aromatic heterocycles. The Balaban J connectivity index is 2.42. The second-order valence-corrected chi connectivity index (χ2v) is 2.92. The van der Waals surface area contributed by atoms with Crippen molar-refractivity contribution in [1.29, 1.82) is 0 Å². The Morgan fingerprint density at radius 2 is 1.38 bits per heavy atom. The fourth-order valence-electron chi connectivity index (χ4n) is 1.10. The van der Waals surface area contributed by atoms with E-state index >= 15 is 0 Å². The van der Waals surface area contributed by atoms with E-state index in [1.807, 2.05) is 0 Å². The van der Waals surface area contributed by atoms with E-state index in [1.54, 1.807) is 0 Å². The molecule has 1 aliphatic rings. The van der Waals surface area contributed by atoms with Crippen LogP contribution in [0, 0.1) is 11.8 Å². The van der Waals surface area contributed by atoms with Crippen molar-refractivity contribution >= 4 is 0 Å². The third kappa shape index (κ3) is 1.36. The number of allylic oxidation sites excluding steroid dienone is 2. The average molecular weight is 110 g/mol. The molecular weight excluding hydrogens is 96.1 g/mol. The van der Waals surface area contributed by atoms with Crippen molar-refractivity contribution in [2.75, 3.05) is 0 Å². The van der Waals surface area contributed by atoms with Gasteiger partial charge in [-0.2, -0.15) is 0 Å². The van der Waals surface area contributed by atoms with Gasteiger partial charge in [-0.25, -0.2) is 0 Å². The summed E-state index contributed by atoms with van der Waals surface area (Å²) in [6.07, 6.45) is 7.43. The first-order chi connectivity index (χ1) is 3.79. The van der Waals surface area contributed by atoms with Crippen LogP contribution in [-0.4, -0.2) is 0 Å². The molecule has 0 bridgehead atoms. The van der Waals surface area contributed by atoms with Crippen molar-refractivity contribution in [3.8, 4) is 0 Å². The molecule has 0 radical (unpaired) electrons. The van der Waals surface area contributed by atoms with Crippen LogP contribution in [0.5, 0.6) is 0 Å². The summed E-state index contributed by atoms with van der Waals surface area (Å²) in [5, 5.41) is 0. The molecule has 0 unspecified atom stereocenters. The lowest BCUT2D eigenvalue weighted by molar-refractivity contribution is 0.502. The van der Waals surface area contributed by atoms with Gasteiger partial charge in [0.1, 0.15) is 0 Å². The molecule has 0 aromatic carbocycles. The SMILES string of the molecule is C[C@H]1C=C[C@H](C)CC1. The van der Waals surface area contributed by atoms with E-state index in [1.165, 1.54) is 12.8 Å². The molecule has 0 spiro atoms. The first-order valence-corrected chi connectivity index (χ1v) is 3.47. The zero-order valence-corrected chi connectivity index (χ0v) is 5.72. The summed E-state index contributed by atoms with van der Waals surface area (Å²) >= 11 is 0. The monoisotopic (exact) mass is 110 g/mol. The van der Waals surface area contributed by atoms with Gasteiger partial charge in [0.05, 0.1) is 0 Å². The highest BCUT2D eigenvalue weighted by Crippen LogP contribution is 2.20. The fourth-order valence-corrected chi connectivity index (χ4v) is 1.10. The number of hydrogen-bond acceptors (Lipinski definition) is 0. The Hall–Kier alpha value is -0.260. The van der Waals surface area contributed by atoms with Gasteiger partial charge in [0.15, 0.2) is 0 Å². The van der Waals surface area contributed by atoms with Crippen molar-refractivity contribution < 1.29 is 0 Å². The predicted molar refractivity (Wildman–Crippen MR) is 36.7 cm³/mol. The normalized spacial score (nSPS) is 37.8. The zero-order chi connectivity index (χ0) is 5.98. The summed E-state index contributed by atoms with van der Waals surface area (Å²) < 4.78 is 0. The Bertz CT molecular complexity index is 80.2. The Kier molecular flexibility index (Phi) is 1.72. The summed E-state index contributed by atoms with van der Waals surface area (Å²) in [6.45, 7) is 4.56. The topological polar surface area (TPSA) is 0 Å². The van der Waals surface area contributed by atoms with Crippen molar-refractivity contribution in [2.45, 2.75) is 26.7 Å². The van der Waals surface area contributed by atoms with Crippen LogP contribution in [0.3, 0.4) is 0 Å². The maximum atomic E-state index is 2.33. The minimum absolute atomic E-state index is 0.839. The van der Waals surface area contributed by atoms with Gasteiger partial charge in [-0.05, 0) is 24.7 Å². The highest BCUT2D eigenvalue weighted by molar-refractivity contribution is 4.94. The second kappa shape index (κ2) is 2.34. The molecular formula is C8H14. The third-order valence-electron chi connectivity index (χ3n) is 1.85. The van der Waals surface area contributed by atoms with E-state index in [0.717, 1.165) is 11.8 Å². The van der Waals surface area contributed by atoms with Gasteiger partial charge in [-0.1, -0.05) is 26.0 Å². The van der Waals surface area contributed by atoms with Gasteiger partial charge in [0, 0.05) is 0 Å². The highest BCUT2D eigenvalue weighted by atomic mass is 14.1. The molecule has 46 valence electrons. The lowest BCUT2D eigenvalue weighted by atomic mass is 9.91. The van der Waals surface area contributed by atoms with E-state index < -0.39 is 0 Å². The molecule has 0 aliphatic heterocycles. The lowest BCUT2D eigenvalue weighted by Crippen LogP contribution is -2.01. The summed E-state index contributed by atoms with van der Waals surface area (Å²) in [4.78, 5) is 0. The average Bonchev–Trinajstić information content (AvgIpc) is 1.77. The van der Waals surface area contributed by atoms with E-state index in [2.05, 4.69) is 26.0 Å². The van der Waals surface area contributed by atoms with Crippen LogP contribution in [-0.2, 0) is 0 Å². The van der Waals surface area contributed by atoms with Crippen molar-refractivity contribution in [1.82, 2.24) is 0 Å². The van der Waals surface area contributed by atoms with Crippen LogP contribution in [0.1, 0.15) is 26.7 Å². The third-order valence-corrected chi connectivity index (χ3v) is 1.85. The van der Waals surface area contributed by atoms with Gasteiger partial charge in [0.25, 0.3) is 0 Å². The van der Waals surface area contributed by atoms with Crippen molar-refractivity contribution in [2.24, 2.45) is 11.8 Å². The van der Waals surface area contributed by atoms with Crippen LogP contribution in [0.2, 0.25) is 0 Å².